The summed E-state index contributed by atoms with van der Waals surface area (Å²) in [4.78, 5) is 12.3. The van der Waals surface area contributed by atoms with E-state index >= 15 is 0 Å². The van der Waals surface area contributed by atoms with Crippen LogP contribution in [0.5, 0.6) is 0 Å². The van der Waals surface area contributed by atoms with E-state index in [9.17, 15) is 4.79 Å². The zero-order valence-corrected chi connectivity index (χ0v) is 11.2. The van der Waals surface area contributed by atoms with E-state index in [1.807, 2.05) is 26.0 Å². The average molecular weight is 243 g/mol. The fourth-order valence-electron chi connectivity index (χ4n) is 3.65. The molecular weight excluding hydrogens is 222 g/mol. The van der Waals surface area contributed by atoms with E-state index < -0.39 is 0 Å². The third-order valence-corrected chi connectivity index (χ3v) is 4.69. The summed E-state index contributed by atoms with van der Waals surface area (Å²) in [6, 6.07) is 6.52. The molecule has 18 heavy (non-hydrogen) atoms. The second-order valence-corrected chi connectivity index (χ2v) is 6.07. The minimum absolute atomic E-state index is 0.119. The first kappa shape index (κ1) is 11.8. The molecule has 2 aliphatic rings. The van der Waals surface area contributed by atoms with Crippen molar-refractivity contribution in [3.05, 3.63) is 34.9 Å². The zero-order chi connectivity index (χ0) is 12.7. The minimum Gasteiger partial charge on any atom is -0.349 e. The number of nitrogens with one attached hydrogen (secondary N) is 1. The number of rotatable bonds is 2. The molecule has 96 valence electrons. The highest BCUT2D eigenvalue weighted by molar-refractivity contribution is 5.96. The summed E-state index contributed by atoms with van der Waals surface area (Å²) >= 11 is 0. The van der Waals surface area contributed by atoms with E-state index in [-0.39, 0.29) is 5.91 Å². The van der Waals surface area contributed by atoms with Gasteiger partial charge in [0, 0.05) is 11.6 Å². The third kappa shape index (κ3) is 2.05. The second kappa shape index (κ2) is 4.42. The van der Waals surface area contributed by atoms with Gasteiger partial charge in [0.15, 0.2) is 0 Å². The maximum atomic E-state index is 12.3. The van der Waals surface area contributed by atoms with Gasteiger partial charge in [-0.3, -0.25) is 4.79 Å². The van der Waals surface area contributed by atoms with Gasteiger partial charge >= 0.3 is 0 Å². The first-order valence-electron chi connectivity index (χ1n) is 7.01. The van der Waals surface area contributed by atoms with E-state index in [0.717, 1.165) is 28.5 Å². The van der Waals surface area contributed by atoms with Gasteiger partial charge in [0.1, 0.15) is 0 Å². The van der Waals surface area contributed by atoms with Gasteiger partial charge in [-0.05, 0) is 56.6 Å². The lowest BCUT2D eigenvalue weighted by Crippen LogP contribution is -2.38. The molecule has 1 N–H and O–H groups in total. The molecule has 0 aromatic heterocycles. The van der Waals surface area contributed by atoms with Crippen LogP contribution in [-0.4, -0.2) is 11.9 Å². The highest BCUT2D eigenvalue weighted by Gasteiger charge is 2.40. The van der Waals surface area contributed by atoms with Crippen LogP contribution in [-0.2, 0) is 0 Å². The van der Waals surface area contributed by atoms with Crippen molar-refractivity contribution in [2.24, 2.45) is 11.8 Å². The molecule has 2 fully saturated rings. The molecule has 2 nitrogen and oxygen atoms in total. The monoisotopic (exact) mass is 243 g/mol. The predicted molar refractivity (Wildman–Crippen MR) is 72.6 cm³/mol. The fraction of sp³-hybridized carbons (Fsp3) is 0.562. The summed E-state index contributed by atoms with van der Waals surface area (Å²) in [7, 11) is 0. The highest BCUT2D eigenvalue weighted by Crippen LogP contribution is 2.44. The Labute approximate surface area is 109 Å². The molecule has 2 bridgehead atoms. The molecule has 2 saturated carbocycles. The van der Waals surface area contributed by atoms with Crippen molar-refractivity contribution in [2.75, 3.05) is 0 Å². The number of benzene rings is 1. The van der Waals surface area contributed by atoms with Crippen molar-refractivity contribution in [2.45, 2.75) is 45.6 Å². The SMILES string of the molecule is Cc1ccc(C)c(C(=O)N[C@@H]2C[C@@H]3CC[C@@H]2C3)c1. The molecule has 1 aromatic carbocycles. The number of hydrogen-bond acceptors (Lipinski definition) is 1. The quantitative estimate of drug-likeness (QED) is 0.849. The van der Waals surface area contributed by atoms with Gasteiger partial charge in [-0.2, -0.15) is 0 Å². The van der Waals surface area contributed by atoms with Gasteiger partial charge in [-0.1, -0.05) is 24.1 Å². The molecule has 0 spiro atoms. The number of carbonyl (C=O) groups is 1. The molecule has 0 heterocycles. The standard InChI is InChI=1S/C16H21NO/c1-10-3-4-11(2)14(7-10)16(18)17-15-9-12-5-6-13(15)8-12/h3-4,7,12-13,15H,5-6,8-9H2,1-2H3,(H,17,18)/t12-,13-,15-/m1/s1. The zero-order valence-electron chi connectivity index (χ0n) is 11.2. The molecule has 0 unspecified atom stereocenters. The second-order valence-electron chi connectivity index (χ2n) is 6.07. The Morgan fingerprint density at radius 3 is 2.72 bits per heavy atom. The van der Waals surface area contributed by atoms with Gasteiger partial charge in [-0.15, -0.1) is 0 Å². The van der Waals surface area contributed by atoms with Crippen molar-refractivity contribution in [1.29, 1.82) is 0 Å². The Morgan fingerprint density at radius 2 is 2.06 bits per heavy atom. The molecule has 1 amide bonds. The number of hydrogen-bond donors (Lipinski definition) is 1. The van der Waals surface area contributed by atoms with E-state index in [2.05, 4.69) is 11.4 Å². The van der Waals surface area contributed by atoms with E-state index in [4.69, 9.17) is 0 Å². The lowest BCUT2D eigenvalue weighted by molar-refractivity contribution is 0.0922. The third-order valence-electron chi connectivity index (χ3n) is 4.69. The number of fused-ring (bicyclic) bond motifs is 2. The van der Waals surface area contributed by atoms with Crippen LogP contribution in [0.1, 0.15) is 47.2 Å². The van der Waals surface area contributed by atoms with Crippen LogP contribution in [0.2, 0.25) is 0 Å². The smallest absolute Gasteiger partial charge is 0.251 e. The fourth-order valence-corrected chi connectivity index (χ4v) is 3.65. The Hall–Kier alpha value is -1.31. The summed E-state index contributed by atoms with van der Waals surface area (Å²) in [6.07, 6.45) is 5.21. The summed E-state index contributed by atoms with van der Waals surface area (Å²) in [6.45, 7) is 4.04. The molecule has 2 heteroatoms. The number of aryl methyl sites for hydroxylation is 2. The van der Waals surface area contributed by atoms with Crippen LogP contribution in [0.3, 0.4) is 0 Å². The van der Waals surface area contributed by atoms with Gasteiger partial charge in [0.05, 0.1) is 0 Å². The summed E-state index contributed by atoms with van der Waals surface area (Å²) < 4.78 is 0. The van der Waals surface area contributed by atoms with Crippen LogP contribution in [0.4, 0.5) is 0 Å². The van der Waals surface area contributed by atoms with Crippen molar-refractivity contribution in [3.8, 4) is 0 Å². The summed E-state index contributed by atoms with van der Waals surface area (Å²) in [5, 5.41) is 3.26. The van der Waals surface area contributed by atoms with Gasteiger partial charge < -0.3 is 5.32 Å². The molecule has 2 aliphatic carbocycles. The van der Waals surface area contributed by atoms with Crippen molar-refractivity contribution in [3.63, 3.8) is 0 Å². The van der Waals surface area contributed by atoms with Crippen LogP contribution in [0.25, 0.3) is 0 Å². The van der Waals surface area contributed by atoms with E-state index in [1.165, 1.54) is 25.7 Å². The lowest BCUT2D eigenvalue weighted by Gasteiger charge is -2.23. The Morgan fingerprint density at radius 1 is 1.22 bits per heavy atom. The van der Waals surface area contributed by atoms with E-state index in [0.29, 0.717) is 6.04 Å². The Kier molecular flexibility index (Phi) is 2.89. The predicted octanol–water partition coefficient (Wildman–Crippen LogP) is 3.22. The maximum Gasteiger partial charge on any atom is 0.251 e. The van der Waals surface area contributed by atoms with Crippen molar-refractivity contribution < 1.29 is 4.79 Å². The van der Waals surface area contributed by atoms with E-state index in [1.54, 1.807) is 0 Å². The Bertz CT molecular complexity index is 480. The largest absolute Gasteiger partial charge is 0.349 e. The average Bonchev–Trinajstić information content (AvgIpc) is 2.94. The lowest BCUT2D eigenvalue weighted by atomic mass is 9.94. The van der Waals surface area contributed by atoms with Crippen LogP contribution in [0.15, 0.2) is 18.2 Å². The van der Waals surface area contributed by atoms with Crippen LogP contribution >= 0.6 is 0 Å². The topological polar surface area (TPSA) is 29.1 Å². The van der Waals surface area contributed by atoms with Crippen LogP contribution in [0, 0.1) is 25.7 Å². The molecule has 0 aliphatic heterocycles. The highest BCUT2D eigenvalue weighted by atomic mass is 16.1. The molecular formula is C16H21NO. The number of amides is 1. The summed E-state index contributed by atoms with van der Waals surface area (Å²) in [5.41, 5.74) is 3.07. The maximum absolute atomic E-state index is 12.3. The summed E-state index contributed by atoms with van der Waals surface area (Å²) in [5.74, 6) is 1.73. The molecule has 3 atom stereocenters. The van der Waals surface area contributed by atoms with Crippen molar-refractivity contribution >= 4 is 5.91 Å². The molecule has 1 aromatic rings. The first-order chi connectivity index (χ1) is 8.63. The molecule has 0 radical (unpaired) electrons. The molecule has 0 saturated heterocycles. The van der Waals surface area contributed by atoms with Gasteiger partial charge in [0.2, 0.25) is 0 Å². The first-order valence-corrected chi connectivity index (χ1v) is 7.01. The number of carbonyl (C=O) groups excluding carboxylic acids is 1. The van der Waals surface area contributed by atoms with Gasteiger partial charge in [0.25, 0.3) is 5.91 Å². The van der Waals surface area contributed by atoms with Crippen molar-refractivity contribution in [1.82, 2.24) is 5.32 Å². The Balaban J connectivity index is 1.73. The normalized spacial score (nSPS) is 29.6. The van der Waals surface area contributed by atoms with Crippen LogP contribution < -0.4 is 5.32 Å². The van der Waals surface area contributed by atoms with Gasteiger partial charge in [-0.25, -0.2) is 0 Å². The minimum atomic E-state index is 0.119. The molecule has 3 rings (SSSR count).